The van der Waals surface area contributed by atoms with Crippen molar-refractivity contribution in [2.45, 2.75) is 33.6 Å². The van der Waals surface area contributed by atoms with Crippen LogP contribution in [-0.2, 0) is 4.74 Å². The lowest BCUT2D eigenvalue weighted by Crippen LogP contribution is -2.43. The van der Waals surface area contributed by atoms with Gasteiger partial charge >= 0.3 is 0 Å². The Bertz CT molecular complexity index is 181. The molecule has 0 radical (unpaired) electrons. The summed E-state index contributed by atoms with van der Waals surface area (Å²) in [5.74, 6) is 0. The summed E-state index contributed by atoms with van der Waals surface area (Å²) in [5.41, 5.74) is 0.366. The molecule has 1 aliphatic heterocycles. The van der Waals surface area contributed by atoms with Crippen LogP contribution >= 0.6 is 0 Å². The molecule has 0 bridgehead atoms. The molecule has 1 heterocycles. The lowest BCUT2D eigenvalue weighted by Gasteiger charge is -2.36. The minimum Gasteiger partial charge on any atom is -0.396 e. The number of aliphatic hydroxyl groups is 1. The summed E-state index contributed by atoms with van der Waals surface area (Å²) in [4.78, 5) is 0. The molecule has 0 aromatic rings. The predicted molar refractivity (Wildman–Crippen MR) is 61.9 cm³/mol. The van der Waals surface area contributed by atoms with E-state index in [0.29, 0.717) is 5.41 Å². The molecule has 90 valence electrons. The third-order valence-corrected chi connectivity index (χ3v) is 3.04. The summed E-state index contributed by atoms with van der Waals surface area (Å²) in [7, 11) is 0. The molecule has 3 nitrogen and oxygen atoms in total. The van der Waals surface area contributed by atoms with Gasteiger partial charge in [0.05, 0.1) is 6.61 Å². The third-order valence-electron chi connectivity index (χ3n) is 3.04. The van der Waals surface area contributed by atoms with Crippen LogP contribution in [0.5, 0.6) is 0 Å². The summed E-state index contributed by atoms with van der Waals surface area (Å²) in [5, 5.41) is 12.9. The summed E-state index contributed by atoms with van der Waals surface area (Å²) in [6, 6.07) is 0. The van der Waals surface area contributed by atoms with Crippen LogP contribution in [0.2, 0.25) is 0 Å². The van der Waals surface area contributed by atoms with Gasteiger partial charge in [-0.25, -0.2) is 0 Å². The van der Waals surface area contributed by atoms with E-state index in [1.165, 1.54) is 0 Å². The van der Waals surface area contributed by atoms with E-state index in [4.69, 9.17) is 4.74 Å². The Morgan fingerprint density at radius 3 is 2.33 bits per heavy atom. The van der Waals surface area contributed by atoms with Gasteiger partial charge in [-0.1, -0.05) is 20.8 Å². The standard InChI is InChI=1S/C12H25NO2/c1-11(2,3)8-13-9-12(10-14)4-6-15-7-5-12/h13-14H,4-10H2,1-3H3. The maximum Gasteiger partial charge on any atom is 0.0501 e. The van der Waals surface area contributed by atoms with Crippen LogP contribution in [0.1, 0.15) is 33.6 Å². The van der Waals surface area contributed by atoms with Gasteiger partial charge in [-0.05, 0) is 18.3 Å². The lowest BCUT2D eigenvalue weighted by molar-refractivity contribution is -0.0159. The number of rotatable bonds is 4. The molecule has 0 spiro atoms. The first-order valence-electron chi connectivity index (χ1n) is 5.87. The highest BCUT2D eigenvalue weighted by Gasteiger charge is 2.31. The van der Waals surface area contributed by atoms with Gasteiger partial charge in [0.2, 0.25) is 0 Å². The van der Waals surface area contributed by atoms with E-state index in [0.717, 1.165) is 39.1 Å². The van der Waals surface area contributed by atoms with E-state index in [9.17, 15) is 5.11 Å². The maximum absolute atomic E-state index is 9.48. The summed E-state index contributed by atoms with van der Waals surface area (Å²) in [6.45, 7) is 10.4. The van der Waals surface area contributed by atoms with Gasteiger partial charge in [-0.2, -0.15) is 0 Å². The van der Waals surface area contributed by atoms with Gasteiger partial charge in [0, 0.05) is 31.7 Å². The Morgan fingerprint density at radius 1 is 1.27 bits per heavy atom. The molecular formula is C12H25NO2. The van der Waals surface area contributed by atoms with Crippen molar-refractivity contribution in [3.8, 4) is 0 Å². The van der Waals surface area contributed by atoms with Crippen LogP contribution in [0.25, 0.3) is 0 Å². The molecular weight excluding hydrogens is 190 g/mol. The maximum atomic E-state index is 9.48. The summed E-state index contributed by atoms with van der Waals surface area (Å²) in [6.07, 6.45) is 1.95. The van der Waals surface area contributed by atoms with Crippen LogP contribution in [0, 0.1) is 10.8 Å². The Hall–Kier alpha value is -0.120. The van der Waals surface area contributed by atoms with Gasteiger partial charge in [0.15, 0.2) is 0 Å². The van der Waals surface area contributed by atoms with Crippen molar-refractivity contribution in [3.63, 3.8) is 0 Å². The summed E-state index contributed by atoms with van der Waals surface area (Å²) < 4.78 is 5.33. The van der Waals surface area contributed by atoms with Crippen LogP contribution in [0.4, 0.5) is 0 Å². The minimum absolute atomic E-state index is 0.0590. The van der Waals surface area contributed by atoms with E-state index in [1.54, 1.807) is 0 Å². The van der Waals surface area contributed by atoms with E-state index in [2.05, 4.69) is 26.1 Å². The Morgan fingerprint density at radius 2 is 1.87 bits per heavy atom. The van der Waals surface area contributed by atoms with Crippen molar-refractivity contribution in [3.05, 3.63) is 0 Å². The zero-order valence-electron chi connectivity index (χ0n) is 10.3. The quantitative estimate of drug-likeness (QED) is 0.745. The molecule has 0 aromatic carbocycles. The average molecular weight is 215 g/mol. The van der Waals surface area contributed by atoms with Gasteiger partial charge in [0.25, 0.3) is 0 Å². The molecule has 15 heavy (non-hydrogen) atoms. The molecule has 1 saturated heterocycles. The molecule has 0 atom stereocenters. The van der Waals surface area contributed by atoms with Crippen molar-refractivity contribution in [2.24, 2.45) is 10.8 Å². The zero-order chi connectivity index (χ0) is 11.4. The summed E-state index contributed by atoms with van der Waals surface area (Å²) >= 11 is 0. The normalized spacial score (nSPS) is 21.6. The number of hydrogen-bond donors (Lipinski definition) is 2. The van der Waals surface area contributed by atoms with E-state index in [1.807, 2.05) is 0 Å². The molecule has 0 aliphatic carbocycles. The lowest BCUT2D eigenvalue weighted by atomic mass is 9.80. The second-order valence-electron chi connectivity index (χ2n) is 5.93. The molecule has 0 aromatic heterocycles. The van der Waals surface area contributed by atoms with E-state index >= 15 is 0 Å². The fraction of sp³-hybridized carbons (Fsp3) is 1.00. The van der Waals surface area contributed by atoms with Gasteiger partial charge < -0.3 is 15.2 Å². The topological polar surface area (TPSA) is 41.5 Å². The van der Waals surface area contributed by atoms with Gasteiger partial charge in [-0.15, -0.1) is 0 Å². The number of aliphatic hydroxyl groups excluding tert-OH is 1. The number of ether oxygens (including phenoxy) is 1. The first-order valence-corrected chi connectivity index (χ1v) is 5.87. The highest BCUT2D eigenvalue weighted by Crippen LogP contribution is 2.29. The van der Waals surface area contributed by atoms with Gasteiger partial charge in [0.1, 0.15) is 0 Å². The van der Waals surface area contributed by atoms with Crippen LogP contribution in [-0.4, -0.2) is 38.0 Å². The van der Waals surface area contributed by atoms with Crippen LogP contribution < -0.4 is 5.32 Å². The molecule has 2 N–H and O–H groups in total. The highest BCUT2D eigenvalue weighted by atomic mass is 16.5. The second kappa shape index (κ2) is 5.28. The molecule has 0 saturated carbocycles. The van der Waals surface area contributed by atoms with Crippen molar-refractivity contribution < 1.29 is 9.84 Å². The zero-order valence-corrected chi connectivity index (χ0v) is 10.3. The molecule has 0 unspecified atom stereocenters. The van der Waals surface area contributed by atoms with Crippen molar-refractivity contribution in [1.82, 2.24) is 5.32 Å². The third kappa shape index (κ3) is 4.49. The Labute approximate surface area is 93.2 Å². The smallest absolute Gasteiger partial charge is 0.0501 e. The second-order valence-corrected chi connectivity index (χ2v) is 5.93. The van der Waals surface area contributed by atoms with Crippen molar-refractivity contribution >= 4 is 0 Å². The molecule has 1 aliphatic rings. The van der Waals surface area contributed by atoms with Crippen LogP contribution in [0.3, 0.4) is 0 Å². The predicted octanol–water partition coefficient (Wildman–Crippen LogP) is 1.41. The van der Waals surface area contributed by atoms with E-state index < -0.39 is 0 Å². The highest BCUT2D eigenvalue weighted by molar-refractivity contribution is 4.84. The molecule has 1 fully saturated rings. The first-order chi connectivity index (χ1) is 6.97. The number of nitrogens with one attached hydrogen (secondary N) is 1. The average Bonchev–Trinajstić information content (AvgIpc) is 2.17. The molecule has 0 amide bonds. The van der Waals surface area contributed by atoms with Crippen molar-refractivity contribution in [2.75, 3.05) is 32.9 Å². The largest absolute Gasteiger partial charge is 0.396 e. The minimum atomic E-state index is 0.0590. The Kier molecular flexibility index (Phi) is 4.56. The van der Waals surface area contributed by atoms with Crippen molar-refractivity contribution in [1.29, 1.82) is 0 Å². The fourth-order valence-corrected chi connectivity index (χ4v) is 1.90. The van der Waals surface area contributed by atoms with Gasteiger partial charge in [-0.3, -0.25) is 0 Å². The molecule has 1 rings (SSSR count). The Balaban J connectivity index is 2.33. The first kappa shape index (κ1) is 12.9. The van der Waals surface area contributed by atoms with Crippen LogP contribution in [0.15, 0.2) is 0 Å². The SMILES string of the molecule is CC(C)(C)CNCC1(CO)CCOCC1. The fourth-order valence-electron chi connectivity index (χ4n) is 1.90. The monoisotopic (exact) mass is 215 g/mol. The molecule has 3 heteroatoms. The number of hydrogen-bond acceptors (Lipinski definition) is 3. The van der Waals surface area contributed by atoms with E-state index in [-0.39, 0.29) is 12.0 Å².